The molecule has 1 aromatic rings. The lowest BCUT2D eigenvalue weighted by atomic mass is 9.97. The number of nitrogens with one attached hydrogen (secondary N) is 1. The molecule has 0 aliphatic heterocycles. The van der Waals surface area contributed by atoms with E-state index in [1.165, 1.54) is 19.2 Å². The summed E-state index contributed by atoms with van der Waals surface area (Å²) in [6.45, 7) is 6.02. The molecule has 0 aromatic heterocycles. The quantitative estimate of drug-likeness (QED) is 0.812. The Balaban J connectivity index is 2.89. The summed E-state index contributed by atoms with van der Waals surface area (Å²) in [5.41, 5.74) is 0.638. The molecule has 0 saturated heterocycles. The second-order valence-electron chi connectivity index (χ2n) is 5.17. The average Bonchev–Trinajstić information content (AvgIpc) is 2.42. The van der Waals surface area contributed by atoms with Crippen molar-refractivity contribution in [1.82, 2.24) is 5.32 Å². The highest BCUT2D eigenvalue weighted by atomic mass is 35.7. The first-order valence-corrected chi connectivity index (χ1v) is 8.87. The molecule has 1 amide bonds. The lowest BCUT2D eigenvalue weighted by Gasteiger charge is -2.15. The normalized spacial score (nSPS) is 13.0. The molecule has 0 fully saturated rings. The maximum atomic E-state index is 11.9. The van der Waals surface area contributed by atoms with Crippen LogP contribution in [0.4, 0.5) is 0 Å². The number of benzene rings is 1. The summed E-state index contributed by atoms with van der Waals surface area (Å²) in [6.07, 6.45) is 0. The van der Waals surface area contributed by atoms with Crippen molar-refractivity contribution in [1.29, 1.82) is 0 Å². The van der Waals surface area contributed by atoms with Crippen LogP contribution in [0.5, 0.6) is 5.75 Å². The van der Waals surface area contributed by atoms with Crippen molar-refractivity contribution in [2.45, 2.75) is 32.2 Å². The number of ether oxygens (including phenoxy) is 1. The van der Waals surface area contributed by atoms with Crippen LogP contribution in [0.3, 0.4) is 0 Å². The van der Waals surface area contributed by atoms with Crippen molar-refractivity contribution in [3.05, 3.63) is 23.8 Å². The summed E-state index contributed by atoms with van der Waals surface area (Å²) in [5.74, 6) is 0.228. The number of rotatable bonds is 6. The fourth-order valence-corrected chi connectivity index (χ4v) is 2.72. The van der Waals surface area contributed by atoms with Crippen molar-refractivity contribution in [3.63, 3.8) is 0 Å². The van der Waals surface area contributed by atoms with Crippen molar-refractivity contribution >= 4 is 25.6 Å². The molecule has 0 radical (unpaired) electrons. The number of amides is 1. The van der Waals surface area contributed by atoms with Gasteiger partial charge in [0.05, 0.1) is 7.11 Å². The van der Waals surface area contributed by atoms with Crippen LogP contribution in [0.25, 0.3) is 0 Å². The van der Waals surface area contributed by atoms with Gasteiger partial charge in [0.25, 0.3) is 9.05 Å². The Morgan fingerprint density at radius 3 is 2.43 bits per heavy atom. The van der Waals surface area contributed by atoms with E-state index >= 15 is 0 Å². The summed E-state index contributed by atoms with van der Waals surface area (Å²) in [5, 5.41) is 2.78. The van der Waals surface area contributed by atoms with E-state index in [0.717, 1.165) is 0 Å². The van der Waals surface area contributed by atoms with Gasteiger partial charge in [-0.15, -0.1) is 0 Å². The Kier molecular flexibility index (Phi) is 6.04. The van der Waals surface area contributed by atoms with Crippen LogP contribution in [-0.2, 0) is 20.4 Å². The maximum Gasteiger partial charge on any atom is 0.264 e. The number of hydrogen-bond acceptors (Lipinski definition) is 4. The minimum Gasteiger partial charge on any atom is -0.495 e. The Morgan fingerprint density at radius 2 is 1.95 bits per heavy atom. The topological polar surface area (TPSA) is 72.5 Å². The molecule has 1 N–H and O–H groups in total. The summed E-state index contributed by atoms with van der Waals surface area (Å²) in [7, 11) is 2.84. The van der Waals surface area contributed by atoms with Gasteiger partial charge in [0.1, 0.15) is 10.6 Å². The Labute approximate surface area is 130 Å². The highest BCUT2D eigenvalue weighted by molar-refractivity contribution is 8.13. The third-order valence-electron chi connectivity index (χ3n) is 3.37. The molecule has 118 valence electrons. The molecule has 0 saturated carbocycles. The lowest BCUT2D eigenvalue weighted by Crippen LogP contribution is -2.31. The third-order valence-corrected chi connectivity index (χ3v) is 4.71. The SMILES string of the molecule is COc1ccc(CNC(=O)C(C)C(C)C)cc1S(=O)(=O)Cl. The average molecular weight is 334 g/mol. The van der Waals surface area contributed by atoms with E-state index in [1.54, 1.807) is 6.07 Å². The van der Waals surface area contributed by atoms with Crippen LogP contribution in [0.15, 0.2) is 23.1 Å². The van der Waals surface area contributed by atoms with Gasteiger partial charge in [0.15, 0.2) is 0 Å². The second kappa shape index (κ2) is 7.13. The minimum absolute atomic E-state index is 0.0731. The summed E-state index contributed by atoms with van der Waals surface area (Å²) in [6, 6.07) is 4.61. The number of methoxy groups -OCH3 is 1. The molecule has 5 nitrogen and oxygen atoms in total. The first kappa shape index (κ1) is 17.8. The molecule has 7 heteroatoms. The molecular formula is C14H20ClNO4S. The number of halogens is 1. The zero-order valence-corrected chi connectivity index (χ0v) is 14.1. The Hall–Kier alpha value is -1.27. The van der Waals surface area contributed by atoms with E-state index < -0.39 is 9.05 Å². The van der Waals surface area contributed by atoms with Gasteiger partial charge in [-0.3, -0.25) is 4.79 Å². The fraction of sp³-hybridized carbons (Fsp3) is 0.500. The predicted molar refractivity (Wildman–Crippen MR) is 81.9 cm³/mol. The molecular weight excluding hydrogens is 314 g/mol. The molecule has 1 atom stereocenters. The lowest BCUT2D eigenvalue weighted by molar-refractivity contribution is -0.125. The monoisotopic (exact) mass is 333 g/mol. The summed E-state index contributed by atoms with van der Waals surface area (Å²) in [4.78, 5) is 11.8. The van der Waals surface area contributed by atoms with Crippen LogP contribution in [0, 0.1) is 11.8 Å². The van der Waals surface area contributed by atoms with Crippen molar-refractivity contribution in [2.24, 2.45) is 11.8 Å². The van der Waals surface area contributed by atoms with Gasteiger partial charge in [0, 0.05) is 23.1 Å². The molecule has 0 aliphatic rings. The van der Waals surface area contributed by atoms with Crippen molar-refractivity contribution in [2.75, 3.05) is 7.11 Å². The zero-order chi connectivity index (χ0) is 16.2. The molecule has 0 aliphatic carbocycles. The molecule has 1 rings (SSSR count). The number of carbonyl (C=O) groups excluding carboxylic acids is 1. The van der Waals surface area contributed by atoms with Crippen LogP contribution < -0.4 is 10.1 Å². The third kappa shape index (κ3) is 4.89. The molecule has 1 aromatic carbocycles. The van der Waals surface area contributed by atoms with Gasteiger partial charge in [-0.25, -0.2) is 8.42 Å². The smallest absolute Gasteiger partial charge is 0.264 e. The Morgan fingerprint density at radius 1 is 1.33 bits per heavy atom. The van der Waals surface area contributed by atoms with Gasteiger partial charge in [-0.1, -0.05) is 26.8 Å². The van der Waals surface area contributed by atoms with E-state index in [0.29, 0.717) is 5.56 Å². The summed E-state index contributed by atoms with van der Waals surface area (Å²) < 4.78 is 28.0. The van der Waals surface area contributed by atoms with Crippen LogP contribution in [0.1, 0.15) is 26.3 Å². The van der Waals surface area contributed by atoms with E-state index in [1.807, 2.05) is 20.8 Å². The first-order valence-electron chi connectivity index (χ1n) is 6.56. The molecule has 0 spiro atoms. The minimum atomic E-state index is -3.90. The highest BCUT2D eigenvalue weighted by Gasteiger charge is 2.19. The largest absolute Gasteiger partial charge is 0.495 e. The first-order chi connectivity index (χ1) is 9.66. The van der Waals surface area contributed by atoms with E-state index in [2.05, 4.69) is 5.32 Å². The van der Waals surface area contributed by atoms with Crippen LogP contribution in [-0.4, -0.2) is 21.4 Å². The number of hydrogen-bond donors (Lipinski definition) is 1. The van der Waals surface area contributed by atoms with E-state index in [-0.39, 0.29) is 34.9 Å². The molecule has 0 heterocycles. The number of carbonyl (C=O) groups is 1. The Bertz CT molecular complexity index is 613. The highest BCUT2D eigenvalue weighted by Crippen LogP contribution is 2.27. The summed E-state index contributed by atoms with van der Waals surface area (Å²) >= 11 is 0. The molecule has 21 heavy (non-hydrogen) atoms. The standard InChI is InChI=1S/C14H20ClNO4S/c1-9(2)10(3)14(17)16-8-11-5-6-12(20-4)13(7-11)21(15,18)19/h5-7,9-10H,8H2,1-4H3,(H,16,17). The van der Waals surface area contributed by atoms with Crippen molar-refractivity contribution < 1.29 is 17.9 Å². The van der Waals surface area contributed by atoms with Gasteiger partial charge in [-0.05, 0) is 23.6 Å². The van der Waals surface area contributed by atoms with Gasteiger partial charge in [-0.2, -0.15) is 0 Å². The second-order valence-corrected chi connectivity index (χ2v) is 7.71. The van der Waals surface area contributed by atoms with Gasteiger partial charge < -0.3 is 10.1 Å². The van der Waals surface area contributed by atoms with Crippen LogP contribution >= 0.6 is 10.7 Å². The molecule has 1 unspecified atom stereocenters. The van der Waals surface area contributed by atoms with Crippen molar-refractivity contribution in [3.8, 4) is 5.75 Å². The zero-order valence-electron chi connectivity index (χ0n) is 12.5. The predicted octanol–water partition coefficient (Wildman–Crippen LogP) is 2.53. The molecule has 0 bridgehead atoms. The van der Waals surface area contributed by atoms with Crippen LogP contribution in [0.2, 0.25) is 0 Å². The van der Waals surface area contributed by atoms with Gasteiger partial charge >= 0.3 is 0 Å². The van der Waals surface area contributed by atoms with E-state index in [9.17, 15) is 13.2 Å². The van der Waals surface area contributed by atoms with E-state index in [4.69, 9.17) is 15.4 Å². The van der Waals surface area contributed by atoms with Gasteiger partial charge in [0.2, 0.25) is 5.91 Å². The fourth-order valence-electron chi connectivity index (χ4n) is 1.67. The maximum absolute atomic E-state index is 11.9.